The monoisotopic (exact) mass is 234 g/mol. The first-order valence-corrected chi connectivity index (χ1v) is 5.12. The molecular weight excluding hydrogens is 223 g/mol. The number of rotatable bonds is 4. The highest BCUT2D eigenvalue weighted by atomic mass is 19.1. The maximum Gasteiger partial charge on any atom is 0.235 e. The number of carbonyl (C=O) groups excluding carboxylic acids is 1. The molecule has 17 heavy (non-hydrogen) atoms. The van der Waals surface area contributed by atoms with E-state index in [-0.39, 0.29) is 24.0 Å². The fraction of sp³-hybridized carbons (Fsp3) is 0.154. The highest BCUT2D eigenvalue weighted by molar-refractivity contribution is 5.94. The summed E-state index contributed by atoms with van der Waals surface area (Å²) in [6, 6.07) is 7.35. The summed E-state index contributed by atoms with van der Waals surface area (Å²) in [6.45, 7) is 1.59. The second-order valence-corrected chi connectivity index (χ2v) is 3.60. The maximum atomic E-state index is 12.8. The molecule has 0 amide bonds. The van der Waals surface area contributed by atoms with Crippen molar-refractivity contribution >= 4 is 5.78 Å². The third kappa shape index (κ3) is 2.72. The Hall–Kier alpha value is -2.10. The first-order valence-electron chi connectivity index (χ1n) is 5.12. The van der Waals surface area contributed by atoms with Crippen LogP contribution >= 0.6 is 0 Å². The number of hydrogen-bond acceptors (Lipinski definition) is 3. The van der Waals surface area contributed by atoms with Crippen LogP contribution in [0.1, 0.15) is 16.1 Å². The van der Waals surface area contributed by atoms with Crippen LogP contribution in [0.15, 0.2) is 41.0 Å². The van der Waals surface area contributed by atoms with Crippen LogP contribution in [-0.2, 0) is 0 Å². The molecule has 0 radical (unpaired) electrons. The summed E-state index contributed by atoms with van der Waals surface area (Å²) in [5, 5.41) is 0. The molecule has 0 N–H and O–H groups in total. The Morgan fingerprint density at radius 3 is 2.88 bits per heavy atom. The van der Waals surface area contributed by atoms with Gasteiger partial charge in [-0.1, -0.05) is 0 Å². The molecule has 1 heterocycles. The van der Waals surface area contributed by atoms with Gasteiger partial charge in [-0.2, -0.15) is 0 Å². The van der Waals surface area contributed by atoms with Crippen LogP contribution in [0.5, 0.6) is 5.75 Å². The van der Waals surface area contributed by atoms with Gasteiger partial charge in [0.1, 0.15) is 11.6 Å². The Bertz CT molecular complexity index is 517. The Balaban J connectivity index is 2.01. The molecule has 0 aliphatic heterocycles. The normalized spacial score (nSPS) is 10.2. The zero-order valence-corrected chi connectivity index (χ0v) is 9.27. The molecule has 0 aliphatic rings. The quantitative estimate of drug-likeness (QED) is 0.763. The SMILES string of the molecule is Cc1cc(F)ccc1OCC(=O)c1ccco1. The van der Waals surface area contributed by atoms with Crippen molar-refractivity contribution in [2.45, 2.75) is 6.92 Å². The van der Waals surface area contributed by atoms with Crippen molar-refractivity contribution in [2.24, 2.45) is 0 Å². The molecule has 2 rings (SSSR count). The molecule has 0 aliphatic carbocycles. The van der Waals surface area contributed by atoms with Crippen LogP contribution in [0.3, 0.4) is 0 Å². The van der Waals surface area contributed by atoms with Gasteiger partial charge in [0.2, 0.25) is 5.78 Å². The van der Waals surface area contributed by atoms with Crippen molar-refractivity contribution in [3.8, 4) is 5.75 Å². The van der Waals surface area contributed by atoms with Gasteiger partial charge in [0.25, 0.3) is 0 Å². The van der Waals surface area contributed by atoms with Crippen molar-refractivity contribution < 1.29 is 18.3 Å². The molecule has 3 nitrogen and oxygen atoms in total. The predicted molar refractivity (Wildman–Crippen MR) is 59.7 cm³/mol. The molecule has 0 saturated carbocycles. The van der Waals surface area contributed by atoms with Gasteiger partial charge in [-0.25, -0.2) is 4.39 Å². The van der Waals surface area contributed by atoms with E-state index in [1.54, 1.807) is 19.1 Å². The lowest BCUT2D eigenvalue weighted by molar-refractivity contribution is 0.0893. The largest absolute Gasteiger partial charge is 0.485 e. The van der Waals surface area contributed by atoms with Crippen molar-refractivity contribution in [1.82, 2.24) is 0 Å². The third-order valence-corrected chi connectivity index (χ3v) is 2.29. The minimum absolute atomic E-state index is 0.125. The third-order valence-electron chi connectivity index (χ3n) is 2.29. The molecule has 0 saturated heterocycles. The van der Waals surface area contributed by atoms with E-state index in [2.05, 4.69) is 0 Å². The number of ketones is 1. The number of carbonyl (C=O) groups is 1. The van der Waals surface area contributed by atoms with Crippen LogP contribution in [0.4, 0.5) is 4.39 Å². The number of halogens is 1. The van der Waals surface area contributed by atoms with Crippen molar-refractivity contribution in [3.63, 3.8) is 0 Å². The molecule has 0 atom stereocenters. The molecule has 0 fully saturated rings. The molecule has 1 aromatic carbocycles. The Kier molecular flexibility index (Phi) is 3.23. The lowest BCUT2D eigenvalue weighted by Gasteiger charge is -2.07. The number of aryl methyl sites for hydroxylation is 1. The number of hydrogen-bond donors (Lipinski definition) is 0. The summed E-state index contributed by atoms with van der Waals surface area (Å²) in [4.78, 5) is 11.6. The van der Waals surface area contributed by atoms with Crippen LogP contribution < -0.4 is 4.74 Å². The lowest BCUT2D eigenvalue weighted by Crippen LogP contribution is -2.11. The molecule has 88 valence electrons. The number of furan rings is 1. The molecule has 0 spiro atoms. The van der Waals surface area contributed by atoms with E-state index in [0.29, 0.717) is 11.3 Å². The van der Waals surface area contributed by atoms with Gasteiger partial charge in [-0.05, 0) is 42.8 Å². The van der Waals surface area contributed by atoms with Crippen LogP contribution in [0.2, 0.25) is 0 Å². The minimum atomic E-state index is -0.327. The van der Waals surface area contributed by atoms with E-state index in [1.807, 2.05) is 0 Å². The minimum Gasteiger partial charge on any atom is -0.485 e. The van der Waals surface area contributed by atoms with Crippen molar-refractivity contribution in [2.75, 3.05) is 6.61 Å². The molecule has 0 bridgehead atoms. The summed E-state index contributed by atoms with van der Waals surface area (Å²) in [7, 11) is 0. The van der Waals surface area contributed by atoms with Gasteiger partial charge in [-0.3, -0.25) is 4.79 Å². The Morgan fingerprint density at radius 1 is 1.41 bits per heavy atom. The second kappa shape index (κ2) is 4.82. The molecule has 0 unspecified atom stereocenters. The van der Waals surface area contributed by atoms with Crippen molar-refractivity contribution in [1.29, 1.82) is 0 Å². The lowest BCUT2D eigenvalue weighted by atomic mass is 10.2. The summed E-state index contributed by atoms with van der Waals surface area (Å²) in [5.74, 6) is 0.169. The van der Waals surface area contributed by atoms with Gasteiger partial charge in [0, 0.05) is 0 Å². The fourth-order valence-corrected chi connectivity index (χ4v) is 1.43. The maximum absolute atomic E-state index is 12.8. The van der Waals surface area contributed by atoms with E-state index in [1.165, 1.54) is 24.5 Å². The average Bonchev–Trinajstić information content (AvgIpc) is 2.81. The number of benzene rings is 1. The standard InChI is InChI=1S/C13H11FO3/c1-9-7-10(14)4-5-12(9)17-8-11(15)13-3-2-6-16-13/h2-7H,8H2,1H3. The first kappa shape index (κ1) is 11.4. The van der Waals surface area contributed by atoms with E-state index >= 15 is 0 Å². The number of ether oxygens (including phenoxy) is 1. The van der Waals surface area contributed by atoms with Crippen molar-refractivity contribution in [3.05, 3.63) is 53.7 Å². The van der Waals surface area contributed by atoms with Gasteiger partial charge >= 0.3 is 0 Å². The van der Waals surface area contributed by atoms with E-state index in [4.69, 9.17) is 9.15 Å². The molecular formula is C13H11FO3. The summed E-state index contributed by atoms with van der Waals surface area (Å²) >= 11 is 0. The van der Waals surface area contributed by atoms with Gasteiger partial charge < -0.3 is 9.15 Å². The highest BCUT2D eigenvalue weighted by Gasteiger charge is 2.10. The molecule has 4 heteroatoms. The van der Waals surface area contributed by atoms with Crippen LogP contribution in [0, 0.1) is 12.7 Å². The molecule has 1 aromatic heterocycles. The van der Waals surface area contributed by atoms with Crippen LogP contribution in [-0.4, -0.2) is 12.4 Å². The van der Waals surface area contributed by atoms with E-state index in [0.717, 1.165) is 0 Å². The molecule has 2 aromatic rings. The highest BCUT2D eigenvalue weighted by Crippen LogP contribution is 2.18. The fourth-order valence-electron chi connectivity index (χ4n) is 1.43. The van der Waals surface area contributed by atoms with Crippen LogP contribution in [0.25, 0.3) is 0 Å². The summed E-state index contributed by atoms with van der Waals surface area (Å²) in [6.07, 6.45) is 1.43. The summed E-state index contributed by atoms with van der Waals surface area (Å²) < 4.78 is 23.1. The second-order valence-electron chi connectivity index (χ2n) is 3.60. The average molecular weight is 234 g/mol. The van der Waals surface area contributed by atoms with Gasteiger partial charge in [-0.15, -0.1) is 0 Å². The Labute approximate surface area is 97.8 Å². The number of Topliss-reactive ketones (excluding diaryl/α,β-unsaturated/α-hetero) is 1. The predicted octanol–water partition coefficient (Wildman–Crippen LogP) is 2.99. The van der Waals surface area contributed by atoms with Gasteiger partial charge in [0.15, 0.2) is 12.4 Å². The van der Waals surface area contributed by atoms with E-state index in [9.17, 15) is 9.18 Å². The van der Waals surface area contributed by atoms with E-state index < -0.39 is 0 Å². The Morgan fingerprint density at radius 2 is 2.24 bits per heavy atom. The van der Waals surface area contributed by atoms with Gasteiger partial charge in [0.05, 0.1) is 6.26 Å². The first-order chi connectivity index (χ1) is 8.16. The zero-order valence-electron chi connectivity index (χ0n) is 9.27. The topological polar surface area (TPSA) is 39.4 Å². The summed E-state index contributed by atoms with van der Waals surface area (Å²) in [5.41, 5.74) is 0.650. The smallest absolute Gasteiger partial charge is 0.235 e. The zero-order chi connectivity index (χ0) is 12.3.